The van der Waals surface area contributed by atoms with Gasteiger partial charge < -0.3 is 20.8 Å². The number of carbonyl (C=O) groups is 2. The van der Waals surface area contributed by atoms with E-state index in [1.165, 1.54) is 6.34 Å². The van der Waals surface area contributed by atoms with E-state index >= 15 is 0 Å². The largest absolute Gasteiger partial charge is 0.496 e. The number of ether oxygens (including phenoxy) is 1. The molecule has 0 aromatic heterocycles. The minimum absolute atomic E-state index is 0. The minimum Gasteiger partial charge on any atom is -0.496 e. The van der Waals surface area contributed by atoms with Gasteiger partial charge in [0.25, 0.3) is 5.91 Å². The molecule has 0 bridgehead atoms. The molecule has 0 aliphatic rings. The Morgan fingerprint density at radius 2 is 1.82 bits per heavy atom. The number of nitrogens with one attached hydrogen (secondary N) is 3. The van der Waals surface area contributed by atoms with Crippen LogP contribution in [0.25, 0.3) is 10.8 Å². The van der Waals surface area contributed by atoms with Crippen LogP contribution in [0.2, 0.25) is 0 Å². The summed E-state index contributed by atoms with van der Waals surface area (Å²) < 4.78 is 5.48. The second-order valence-electron chi connectivity index (χ2n) is 7.13. The topological polar surface area (TPSA) is 118 Å². The molecule has 33 heavy (non-hydrogen) atoms. The molecule has 0 aliphatic carbocycles. The Bertz CT molecular complexity index is 1090. The van der Waals surface area contributed by atoms with Crippen molar-refractivity contribution in [3.8, 4) is 5.75 Å². The van der Waals surface area contributed by atoms with E-state index in [1.54, 1.807) is 37.4 Å². The van der Waals surface area contributed by atoms with Gasteiger partial charge in [-0.2, -0.15) is 0 Å². The minimum atomic E-state index is -0.735. The SMILES string of the molecule is COc1cc(NC(=O)[C@H](CCCN=CNN)NC(=O)c2ccccc2)cc2ccccc12.Cl. The van der Waals surface area contributed by atoms with Gasteiger partial charge in [0.2, 0.25) is 5.91 Å². The van der Waals surface area contributed by atoms with Crippen molar-refractivity contribution in [1.29, 1.82) is 0 Å². The number of carbonyl (C=O) groups excluding carboxylic acids is 2. The van der Waals surface area contributed by atoms with E-state index in [9.17, 15) is 9.59 Å². The number of halogens is 1. The number of methoxy groups -OCH3 is 1. The Labute approximate surface area is 199 Å². The maximum atomic E-state index is 13.1. The lowest BCUT2D eigenvalue weighted by atomic mass is 10.1. The van der Waals surface area contributed by atoms with Crippen molar-refractivity contribution < 1.29 is 14.3 Å². The number of nitrogens with zero attached hydrogens (tertiary/aromatic N) is 1. The molecule has 0 unspecified atom stereocenters. The molecule has 3 aromatic rings. The Morgan fingerprint density at radius 1 is 1.09 bits per heavy atom. The number of rotatable bonds is 10. The van der Waals surface area contributed by atoms with E-state index in [4.69, 9.17) is 10.6 Å². The molecule has 5 N–H and O–H groups in total. The number of anilines is 1. The summed E-state index contributed by atoms with van der Waals surface area (Å²) in [6.45, 7) is 0.471. The van der Waals surface area contributed by atoms with Crippen molar-refractivity contribution in [1.82, 2.24) is 10.7 Å². The van der Waals surface area contributed by atoms with Gasteiger partial charge in [-0.05, 0) is 36.4 Å². The van der Waals surface area contributed by atoms with Crippen molar-refractivity contribution in [2.24, 2.45) is 10.8 Å². The van der Waals surface area contributed by atoms with Gasteiger partial charge in [-0.1, -0.05) is 42.5 Å². The quantitative estimate of drug-likeness (QED) is 0.119. The summed E-state index contributed by atoms with van der Waals surface area (Å²) >= 11 is 0. The maximum Gasteiger partial charge on any atom is 0.251 e. The fraction of sp³-hybridized carbons (Fsp3) is 0.208. The van der Waals surface area contributed by atoms with Crippen LogP contribution in [-0.2, 0) is 4.79 Å². The summed E-state index contributed by atoms with van der Waals surface area (Å²) in [7, 11) is 1.59. The lowest BCUT2D eigenvalue weighted by Gasteiger charge is -2.19. The molecule has 0 aliphatic heterocycles. The molecule has 0 fully saturated rings. The first-order valence-electron chi connectivity index (χ1n) is 10.3. The zero-order valence-electron chi connectivity index (χ0n) is 18.3. The molecule has 3 rings (SSSR count). The average Bonchev–Trinajstić information content (AvgIpc) is 2.83. The molecular formula is C24H28ClN5O3. The van der Waals surface area contributed by atoms with Crippen molar-refractivity contribution in [2.45, 2.75) is 18.9 Å². The molecule has 0 radical (unpaired) electrons. The standard InChI is InChI=1S/C24H27N5O3.ClH/c1-32-22-15-19(14-18-10-5-6-11-20(18)22)28-24(31)21(12-7-13-26-16-27-25)29-23(30)17-8-3-2-4-9-17;/h2-6,8-11,14-16,21H,7,12-13,25H2,1H3,(H,26,27)(H,28,31)(H,29,30);1H/t21-;/m0./s1. The van der Waals surface area contributed by atoms with Gasteiger partial charge in [0.05, 0.1) is 13.4 Å². The van der Waals surface area contributed by atoms with Crippen LogP contribution in [0.5, 0.6) is 5.75 Å². The molecule has 1 atom stereocenters. The Kier molecular flexibility index (Phi) is 10.1. The van der Waals surface area contributed by atoms with Crippen molar-refractivity contribution >= 4 is 47.0 Å². The van der Waals surface area contributed by atoms with Crippen LogP contribution in [-0.4, -0.2) is 37.8 Å². The monoisotopic (exact) mass is 469 g/mol. The number of fused-ring (bicyclic) bond motifs is 1. The van der Waals surface area contributed by atoms with Gasteiger partial charge in [-0.15, -0.1) is 12.4 Å². The first kappa shape index (κ1) is 25.6. The van der Waals surface area contributed by atoms with E-state index in [-0.39, 0.29) is 24.2 Å². The second-order valence-corrected chi connectivity index (χ2v) is 7.13. The number of amides is 2. The van der Waals surface area contributed by atoms with Crippen LogP contribution in [0, 0.1) is 0 Å². The van der Waals surface area contributed by atoms with Crippen LogP contribution in [0.1, 0.15) is 23.2 Å². The fourth-order valence-electron chi connectivity index (χ4n) is 3.35. The predicted octanol–water partition coefficient (Wildman–Crippen LogP) is 3.28. The van der Waals surface area contributed by atoms with Crippen molar-refractivity contribution in [3.63, 3.8) is 0 Å². The molecule has 0 spiro atoms. The third-order valence-corrected chi connectivity index (χ3v) is 4.91. The molecular weight excluding hydrogens is 442 g/mol. The number of hydrogen-bond acceptors (Lipinski definition) is 5. The molecule has 2 amide bonds. The summed E-state index contributed by atoms with van der Waals surface area (Å²) in [4.78, 5) is 29.8. The summed E-state index contributed by atoms with van der Waals surface area (Å²) in [5.41, 5.74) is 3.42. The van der Waals surface area contributed by atoms with Crippen LogP contribution >= 0.6 is 12.4 Å². The average molecular weight is 470 g/mol. The third-order valence-electron chi connectivity index (χ3n) is 4.91. The molecule has 0 saturated carbocycles. The Balaban J connectivity index is 0.00000385. The zero-order valence-corrected chi connectivity index (χ0v) is 19.1. The van der Waals surface area contributed by atoms with E-state index in [0.717, 1.165) is 10.8 Å². The van der Waals surface area contributed by atoms with Crippen LogP contribution in [0.4, 0.5) is 5.69 Å². The highest BCUT2D eigenvalue weighted by Gasteiger charge is 2.21. The Morgan fingerprint density at radius 3 is 2.55 bits per heavy atom. The summed E-state index contributed by atoms with van der Waals surface area (Å²) in [6, 6.07) is 19.5. The summed E-state index contributed by atoms with van der Waals surface area (Å²) in [5.74, 6) is 5.20. The van der Waals surface area contributed by atoms with Gasteiger partial charge >= 0.3 is 0 Å². The first-order valence-corrected chi connectivity index (χ1v) is 10.3. The lowest BCUT2D eigenvalue weighted by Crippen LogP contribution is -2.44. The van der Waals surface area contributed by atoms with E-state index in [2.05, 4.69) is 21.1 Å². The summed E-state index contributed by atoms with van der Waals surface area (Å²) in [5, 5.41) is 7.64. The number of hydrazine groups is 1. The van der Waals surface area contributed by atoms with Gasteiger partial charge in [-0.3, -0.25) is 14.6 Å². The van der Waals surface area contributed by atoms with Gasteiger partial charge in [0.15, 0.2) is 0 Å². The fourth-order valence-corrected chi connectivity index (χ4v) is 3.35. The second kappa shape index (κ2) is 13.0. The van der Waals surface area contributed by atoms with Crippen LogP contribution in [0.15, 0.2) is 71.7 Å². The molecule has 174 valence electrons. The maximum absolute atomic E-state index is 13.1. The van der Waals surface area contributed by atoms with Gasteiger partial charge in [0, 0.05) is 29.2 Å². The first-order chi connectivity index (χ1) is 15.6. The van der Waals surface area contributed by atoms with E-state index < -0.39 is 6.04 Å². The number of nitrogens with two attached hydrogens (primary N) is 1. The number of hydrogen-bond donors (Lipinski definition) is 4. The molecule has 0 heterocycles. The highest BCUT2D eigenvalue weighted by Crippen LogP contribution is 2.29. The third kappa shape index (κ3) is 7.20. The van der Waals surface area contributed by atoms with Crippen LogP contribution in [0.3, 0.4) is 0 Å². The molecule has 0 saturated heterocycles. The van der Waals surface area contributed by atoms with Crippen molar-refractivity contribution in [2.75, 3.05) is 19.0 Å². The highest BCUT2D eigenvalue weighted by atomic mass is 35.5. The smallest absolute Gasteiger partial charge is 0.251 e. The van der Waals surface area contributed by atoms with Crippen molar-refractivity contribution in [3.05, 3.63) is 72.3 Å². The van der Waals surface area contributed by atoms with Gasteiger partial charge in [-0.25, -0.2) is 5.84 Å². The predicted molar refractivity (Wildman–Crippen MR) is 134 cm³/mol. The highest BCUT2D eigenvalue weighted by molar-refractivity contribution is 6.02. The number of aliphatic imine (C=N–C) groups is 1. The molecule has 9 heteroatoms. The Hall–Kier alpha value is -3.62. The molecule has 8 nitrogen and oxygen atoms in total. The van der Waals surface area contributed by atoms with E-state index in [1.807, 2.05) is 36.4 Å². The molecule has 3 aromatic carbocycles. The zero-order chi connectivity index (χ0) is 22.8. The van der Waals surface area contributed by atoms with Gasteiger partial charge in [0.1, 0.15) is 11.8 Å². The lowest BCUT2D eigenvalue weighted by molar-refractivity contribution is -0.118. The van der Waals surface area contributed by atoms with Crippen LogP contribution < -0.4 is 26.6 Å². The summed E-state index contributed by atoms with van der Waals surface area (Å²) in [6.07, 6.45) is 2.39. The van der Waals surface area contributed by atoms with E-state index in [0.29, 0.717) is 36.4 Å². The number of benzene rings is 3. The normalized spacial score (nSPS) is 11.5.